The minimum atomic E-state index is -3.97. The molecular formula is C16H13ClN4O4S. The highest BCUT2D eigenvalue weighted by atomic mass is 35.5. The Kier molecular flexibility index (Phi) is 4.92. The van der Waals surface area contributed by atoms with Crippen molar-refractivity contribution in [1.29, 1.82) is 0 Å². The molecule has 0 atom stereocenters. The van der Waals surface area contributed by atoms with E-state index in [0.29, 0.717) is 11.6 Å². The minimum absolute atomic E-state index is 0.203. The van der Waals surface area contributed by atoms with Crippen LogP contribution in [0.25, 0.3) is 0 Å². The molecule has 0 fully saturated rings. The number of nitro groups is 1. The number of anilines is 1. The van der Waals surface area contributed by atoms with E-state index >= 15 is 0 Å². The second-order valence-corrected chi connectivity index (χ2v) is 7.47. The minimum Gasteiger partial charge on any atom is -0.276 e. The lowest BCUT2D eigenvalue weighted by molar-refractivity contribution is -0.385. The Morgan fingerprint density at radius 2 is 1.96 bits per heavy atom. The van der Waals surface area contributed by atoms with E-state index in [-0.39, 0.29) is 16.3 Å². The number of nitro benzene ring substituents is 1. The Labute approximate surface area is 154 Å². The van der Waals surface area contributed by atoms with E-state index in [2.05, 4.69) is 9.82 Å². The van der Waals surface area contributed by atoms with Gasteiger partial charge in [0.1, 0.15) is 0 Å². The molecule has 0 aliphatic heterocycles. The fraction of sp³-hybridized carbons (Fsp3) is 0.0625. The molecule has 10 heteroatoms. The van der Waals surface area contributed by atoms with Crippen molar-refractivity contribution in [3.63, 3.8) is 0 Å². The summed E-state index contributed by atoms with van der Waals surface area (Å²) in [6.07, 6.45) is 2.87. The number of rotatable bonds is 6. The van der Waals surface area contributed by atoms with Crippen LogP contribution in [0, 0.1) is 10.1 Å². The first-order chi connectivity index (χ1) is 12.3. The third-order valence-electron chi connectivity index (χ3n) is 3.51. The monoisotopic (exact) mass is 392 g/mol. The van der Waals surface area contributed by atoms with Gasteiger partial charge in [-0.15, -0.1) is 0 Å². The molecule has 3 aromatic rings. The number of halogens is 1. The van der Waals surface area contributed by atoms with Crippen LogP contribution in [-0.2, 0) is 16.6 Å². The number of hydrogen-bond acceptors (Lipinski definition) is 5. The highest BCUT2D eigenvalue weighted by Gasteiger charge is 2.18. The Morgan fingerprint density at radius 3 is 2.69 bits per heavy atom. The third kappa shape index (κ3) is 4.01. The zero-order valence-electron chi connectivity index (χ0n) is 13.2. The molecule has 1 N–H and O–H groups in total. The van der Waals surface area contributed by atoms with Gasteiger partial charge in [0.15, 0.2) is 0 Å². The highest BCUT2D eigenvalue weighted by Crippen LogP contribution is 2.21. The Morgan fingerprint density at radius 1 is 1.19 bits per heavy atom. The lowest BCUT2D eigenvalue weighted by atomic mass is 10.2. The molecule has 0 spiro atoms. The maximum atomic E-state index is 12.4. The first-order valence-corrected chi connectivity index (χ1v) is 9.24. The summed E-state index contributed by atoms with van der Waals surface area (Å²) in [7, 11) is -3.97. The van der Waals surface area contributed by atoms with Gasteiger partial charge in [-0.2, -0.15) is 5.10 Å². The molecule has 0 bridgehead atoms. The SMILES string of the molecule is O=[N+]([O-])c1cccc(S(=O)(=O)Nc2cnn(Cc3ccccc3Cl)c2)c1. The lowest BCUT2D eigenvalue weighted by Crippen LogP contribution is -2.12. The molecule has 0 saturated carbocycles. The smallest absolute Gasteiger partial charge is 0.270 e. The second-order valence-electron chi connectivity index (χ2n) is 5.38. The predicted octanol–water partition coefficient (Wildman–Crippen LogP) is 3.29. The fourth-order valence-corrected chi connectivity index (χ4v) is 3.54. The Hall–Kier alpha value is -2.91. The maximum Gasteiger partial charge on any atom is 0.270 e. The summed E-state index contributed by atoms with van der Waals surface area (Å²) < 4.78 is 28.7. The van der Waals surface area contributed by atoms with Crippen molar-refractivity contribution in [2.75, 3.05) is 4.72 Å². The summed E-state index contributed by atoms with van der Waals surface area (Å²) >= 11 is 6.10. The van der Waals surface area contributed by atoms with E-state index in [1.807, 2.05) is 18.2 Å². The molecule has 0 unspecified atom stereocenters. The van der Waals surface area contributed by atoms with Gasteiger partial charge in [-0.1, -0.05) is 35.9 Å². The topological polar surface area (TPSA) is 107 Å². The molecule has 0 saturated heterocycles. The van der Waals surface area contributed by atoms with Crippen molar-refractivity contribution in [3.8, 4) is 0 Å². The summed E-state index contributed by atoms with van der Waals surface area (Å²) in [6, 6.07) is 12.1. The predicted molar refractivity (Wildman–Crippen MR) is 96.7 cm³/mol. The molecule has 0 aliphatic carbocycles. The van der Waals surface area contributed by atoms with Gasteiger partial charge in [-0.3, -0.25) is 19.5 Å². The number of sulfonamides is 1. The van der Waals surface area contributed by atoms with Crippen LogP contribution in [0.2, 0.25) is 5.02 Å². The molecule has 0 radical (unpaired) electrons. The summed E-state index contributed by atoms with van der Waals surface area (Å²) in [5.74, 6) is 0. The molecule has 134 valence electrons. The lowest BCUT2D eigenvalue weighted by Gasteiger charge is -2.06. The second kappa shape index (κ2) is 7.14. The van der Waals surface area contributed by atoms with Crippen LogP contribution < -0.4 is 4.72 Å². The zero-order chi connectivity index (χ0) is 18.7. The average molecular weight is 393 g/mol. The fourth-order valence-electron chi connectivity index (χ4n) is 2.28. The molecule has 2 aromatic carbocycles. The van der Waals surface area contributed by atoms with Crippen LogP contribution in [0.4, 0.5) is 11.4 Å². The summed E-state index contributed by atoms with van der Waals surface area (Å²) in [6.45, 7) is 0.373. The summed E-state index contributed by atoms with van der Waals surface area (Å²) in [5.41, 5.74) is 0.774. The molecule has 26 heavy (non-hydrogen) atoms. The maximum absolute atomic E-state index is 12.4. The molecule has 1 heterocycles. The molecule has 8 nitrogen and oxygen atoms in total. The molecule has 0 amide bonds. The van der Waals surface area contributed by atoms with Crippen LogP contribution in [0.3, 0.4) is 0 Å². The van der Waals surface area contributed by atoms with Crippen molar-refractivity contribution >= 4 is 33.0 Å². The first kappa shape index (κ1) is 17.9. The van der Waals surface area contributed by atoms with Crippen molar-refractivity contribution < 1.29 is 13.3 Å². The van der Waals surface area contributed by atoms with Gasteiger partial charge in [-0.05, 0) is 17.7 Å². The third-order valence-corrected chi connectivity index (χ3v) is 5.26. The van der Waals surface area contributed by atoms with Crippen LogP contribution >= 0.6 is 11.6 Å². The normalized spacial score (nSPS) is 11.3. The van der Waals surface area contributed by atoms with E-state index < -0.39 is 14.9 Å². The van der Waals surface area contributed by atoms with Gasteiger partial charge in [0.25, 0.3) is 15.7 Å². The Bertz CT molecular complexity index is 1070. The van der Waals surface area contributed by atoms with Crippen molar-refractivity contribution in [2.45, 2.75) is 11.4 Å². The van der Waals surface area contributed by atoms with Gasteiger partial charge in [0, 0.05) is 23.4 Å². The van der Waals surface area contributed by atoms with E-state index in [1.165, 1.54) is 35.3 Å². The summed E-state index contributed by atoms with van der Waals surface area (Å²) in [5, 5.41) is 15.5. The first-order valence-electron chi connectivity index (χ1n) is 7.38. The standard InChI is InChI=1S/C16H13ClN4O4S/c17-16-7-2-1-4-12(16)10-20-11-13(9-18-20)19-26(24,25)15-6-3-5-14(8-15)21(22)23/h1-9,11,19H,10H2. The van der Waals surface area contributed by atoms with Gasteiger partial charge in [0.05, 0.1) is 28.2 Å². The van der Waals surface area contributed by atoms with Crippen LogP contribution in [0.1, 0.15) is 5.56 Å². The van der Waals surface area contributed by atoms with Crippen molar-refractivity contribution in [1.82, 2.24) is 9.78 Å². The van der Waals surface area contributed by atoms with Gasteiger partial charge in [0.2, 0.25) is 0 Å². The van der Waals surface area contributed by atoms with Gasteiger partial charge in [-0.25, -0.2) is 8.42 Å². The van der Waals surface area contributed by atoms with E-state index in [1.54, 1.807) is 6.07 Å². The van der Waals surface area contributed by atoms with E-state index in [4.69, 9.17) is 11.6 Å². The quantitative estimate of drug-likeness (QED) is 0.511. The average Bonchev–Trinajstić information content (AvgIpc) is 3.03. The van der Waals surface area contributed by atoms with Crippen molar-refractivity contribution in [3.05, 3.63) is 81.6 Å². The molecule has 3 rings (SSSR count). The number of hydrogen-bond donors (Lipinski definition) is 1. The number of benzene rings is 2. The molecule has 1 aromatic heterocycles. The van der Waals surface area contributed by atoms with E-state index in [0.717, 1.165) is 11.6 Å². The van der Waals surface area contributed by atoms with Crippen molar-refractivity contribution in [2.24, 2.45) is 0 Å². The van der Waals surface area contributed by atoms with Crippen LogP contribution in [-0.4, -0.2) is 23.1 Å². The number of aromatic nitrogens is 2. The Balaban J connectivity index is 1.79. The highest BCUT2D eigenvalue weighted by molar-refractivity contribution is 7.92. The molecule has 0 aliphatic rings. The van der Waals surface area contributed by atoms with Crippen LogP contribution in [0.5, 0.6) is 0 Å². The number of nitrogens with zero attached hydrogens (tertiary/aromatic N) is 3. The number of nitrogens with one attached hydrogen (secondary N) is 1. The largest absolute Gasteiger partial charge is 0.276 e. The van der Waals surface area contributed by atoms with Crippen LogP contribution in [0.15, 0.2) is 65.8 Å². The zero-order valence-corrected chi connectivity index (χ0v) is 14.8. The van der Waals surface area contributed by atoms with E-state index in [9.17, 15) is 18.5 Å². The summed E-state index contributed by atoms with van der Waals surface area (Å²) in [4.78, 5) is 9.95. The van der Waals surface area contributed by atoms with Gasteiger partial charge < -0.3 is 0 Å². The molecular weight excluding hydrogens is 380 g/mol. The number of non-ortho nitro benzene ring substituents is 1. The van der Waals surface area contributed by atoms with Gasteiger partial charge >= 0.3 is 0 Å².